The number of methoxy groups -OCH3 is 1. The molecule has 0 aliphatic carbocycles. The molecule has 0 aliphatic rings. The molecule has 3 aromatic rings. The van der Waals surface area contributed by atoms with Crippen LogP contribution in [0.3, 0.4) is 0 Å². The Labute approximate surface area is 167 Å². The second kappa shape index (κ2) is 7.32. The van der Waals surface area contributed by atoms with Gasteiger partial charge in [0.15, 0.2) is 0 Å². The summed E-state index contributed by atoms with van der Waals surface area (Å²) in [5.41, 5.74) is 2.64. The van der Waals surface area contributed by atoms with E-state index in [1.807, 2.05) is 25.1 Å². The monoisotopic (exact) mass is 481 g/mol. The lowest BCUT2D eigenvalue weighted by atomic mass is 10.1. The lowest BCUT2D eigenvalue weighted by Gasteiger charge is -2.09. The van der Waals surface area contributed by atoms with E-state index in [1.54, 1.807) is 19.4 Å². The van der Waals surface area contributed by atoms with Gasteiger partial charge in [-0.25, -0.2) is 0 Å². The summed E-state index contributed by atoms with van der Waals surface area (Å²) in [6, 6.07) is 7.51. The number of halogens is 2. The van der Waals surface area contributed by atoms with Crippen LogP contribution in [0.1, 0.15) is 22.8 Å². The first-order valence-electron chi connectivity index (χ1n) is 7.82. The summed E-state index contributed by atoms with van der Waals surface area (Å²) in [5, 5.41) is 10.8. The fraction of sp³-hybridized carbons (Fsp3) is 0.211. The van der Waals surface area contributed by atoms with Gasteiger partial charge in [-0.3, -0.25) is 9.36 Å². The van der Waals surface area contributed by atoms with E-state index in [-0.39, 0.29) is 11.7 Å². The molecule has 0 spiro atoms. The maximum Gasteiger partial charge on any atom is 0.228 e. The number of nitrogens with zero attached hydrogens (tertiary/aromatic N) is 1. The van der Waals surface area contributed by atoms with E-state index in [0.717, 1.165) is 16.9 Å². The molecule has 136 valence electrons. The maximum atomic E-state index is 12.0. The predicted molar refractivity (Wildman–Crippen MR) is 107 cm³/mol. The highest BCUT2D eigenvalue weighted by atomic mass is 79.9. The second-order valence-corrected chi connectivity index (χ2v) is 7.54. The smallest absolute Gasteiger partial charge is 0.228 e. The fourth-order valence-electron chi connectivity index (χ4n) is 2.83. The van der Waals surface area contributed by atoms with Crippen molar-refractivity contribution in [2.75, 3.05) is 7.11 Å². The maximum absolute atomic E-state index is 12.0. The molecule has 26 heavy (non-hydrogen) atoms. The van der Waals surface area contributed by atoms with Gasteiger partial charge in [0.05, 0.1) is 33.2 Å². The normalized spacial score (nSPS) is 11.0. The molecular weight excluding hydrogens is 466 g/mol. The van der Waals surface area contributed by atoms with Crippen LogP contribution in [0.15, 0.2) is 39.4 Å². The molecule has 2 aromatic carbocycles. The highest BCUT2D eigenvalue weighted by Crippen LogP contribution is 2.43. The van der Waals surface area contributed by atoms with Gasteiger partial charge < -0.3 is 14.6 Å². The Morgan fingerprint density at radius 1 is 1.23 bits per heavy atom. The van der Waals surface area contributed by atoms with Gasteiger partial charge in [-0.2, -0.15) is 0 Å². The molecule has 0 unspecified atom stereocenters. The first-order chi connectivity index (χ1) is 12.3. The van der Waals surface area contributed by atoms with E-state index in [2.05, 4.69) is 31.9 Å². The molecule has 0 atom stereocenters. The summed E-state index contributed by atoms with van der Waals surface area (Å²) >= 11 is 6.70. The van der Waals surface area contributed by atoms with Crippen LogP contribution in [-0.2, 0) is 6.61 Å². The van der Waals surface area contributed by atoms with Crippen molar-refractivity contribution in [3.63, 3.8) is 0 Å². The van der Waals surface area contributed by atoms with Crippen molar-refractivity contribution >= 4 is 48.7 Å². The lowest BCUT2D eigenvalue weighted by Crippen LogP contribution is -2.03. The molecule has 0 radical (unpaired) electrons. The average molecular weight is 483 g/mol. The van der Waals surface area contributed by atoms with Crippen LogP contribution < -0.4 is 9.47 Å². The molecule has 1 heterocycles. The Morgan fingerprint density at radius 3 is 2.58 bits per heavy atom. The van der Waals surface area contributed by atoms with E-state index >= 15 is 0 Å². The molecule has 0 saturated heterocycles. The number of phenolic OH excluding ortho intramolecular Hbond substituents is 1. The largest absolute Gasteiger partial charge is 0.506 e. The van der Waals surface area contributed by atoms with Gasteiger partial charge in [0, 0.05) is 6.92 Å². The number of hydrogen-bond donors (Lipinski definition) is 1. The van der Waals surface area contributed by atoms with Crippen molar-refractivity contribution < 1.29 is 19.4 Å². The Kier molecular flexibility index (Phi) is 5.29. The minimum absolute atomic E-state index is 0.0592. The SMILES string of the molecule is COc1ccc(COc2cn(C(C)=O)c3cc(Br)c(O)c(Br)c23)cc1C. The molecule has 0 aliphatic heterocycles. The van der Waals surface area contributed by atoms with Crippen LogP contribution in [-0.4, -0.2) is 22.7 Å². The minimum Gasteiger partial charge on any atom is -0.506 e. The van der Waals surface area contributed by atoms with Crippen molar-refractivity contribution in [3.8, 4) is 17.2 Å². The first-order valence-corrected chi connectivity index (χ1v) is 9.41. The highest BCUT2D eigenvalue weighted by molar-refractivity contribution is 9.11. The van der Waals surface area contributed by atoms with E-state index < -0.39 is 0 Å². The molecule has 1 aromatic heterocycles. The van der Waals surface area contributed by atoms with Gasteiger partial charge in [-0.15, -0.1) is 0 Å². The number of carbonyl (C=O) groups excluding carboxylic acids is 1. The minimum atomic E-state index is -0.144. The summed E-state index contributed by atoms with van der Waals surface area (Å²) in [4.78, 5) is 12.0. The molecule has 0 fully saturated rings. The zero-order valence-corrected chi connectivity index (χ0v) is 17.6. The van der Waals surface area contributed by atoms with E-state index in [4.69, 9.17) is 9.47 Å². The van der Waals surface area contributed by atoms with Crippen LogP contribution in [0.2, 0.25) is 0 Å². The van der Waals surface area contributed by atoms with Crippen molar-refractivity contribution in [3.05, 3.63) is 50.5 Å². The molecule has 5 nitrogen and oxygen atoms in total. The van der Waals surface area contributed by atoms with Crippen LogP contribution in [0.4, 0.5) is 0 Å². The lowest BCUT2D eigenvalue weighted by molar-refractivity contribution is 0.0941. The van der Waals surface area contributed by atoms with Gasteiger partial charge in [0.1, 0.15) is 23.9 Å². The number of carbonyl (C=O) groups is 1. The molecule has 1 N–H and O–H groups in total. The molecule has 0 saturated carbocycles. The molecule has 3 rings (SSSR count). The second-order valence-electron chi connectivity index (χ2n) is 5.89. The van der Waals surface area contributed by atoms with Crippen LogP contribution in [0.5, 0.6) is 17.2 Å². The third-order valence-corrected chi connectivity index (χ3v) is 5.49. The summed E-state index contributed by atoms with van der Waals surface area (Å²) in [6.45, 7) is 3.77. The zero-order chi connectivity index (χ0) is 19.0. The number of ether oxygens (including phenoxy) is 2. The zero-order valence-electron chi connectivity index (χ0n) is 14.5. The number of rotatable bonds is 4. The number of aryl methyl sites for hydroxylation is 1. The fourth-order valence-corrected chi connectivity index (χ4v) is 4.13. The van der Waals surface area contributed by atoms with Gasteiger partial charge >= 0.3 is 0 Å². The summed E-state index contributed by atoms with van der Waals surface area (Å²) in [6.07, 6.45) is 1.64. The van der Waals surface area contributed by atoms with Crippen molar-refractivity contribution in [1.82, 2.24) is 4.57 Å². The first kappa shape index (κ1) is 18.8. The van der Waals surface area contributed by atoms with Gasteiger partial charge in [0.25, 0.3) is 0 Å². The standard InChI is InChI=1S/C19H17Br2NO4/c1-10-6-12(4-5-15(10)25-3)9-26-16-8-22(11(2)23)14-7-13(20)19(24)18(21)17(14)16/h4-8,24H,9H2,1-3H3. The van der Waals surface area contributed by atoms with Gasteiger partial charge in [-0.1, -0.05) is 6.07 Å². The molecule has 0 bridgehead atoms. The Balaban J connectivity index is 2.01. The number of hydrogen-bond acceptors (Lipinski definition) is 4. The highest BCUT2D eigenvalue weighted by Gasteiger charge is 2.19. The number of phenols is 1. The topological polar surface area (TPSA) is 60.7 Å². The number of aromatic hydroxyl groups is 1. The molecular formula is C19H17Br2NO4. The third-order valence-electron chi connectivity index (χ3n) is 4.12. The third kappa shape index (κ3) is 3.33. The molecule has 0 amide bonds. The van der Waals surface area contributed by atoms with E-state index in [9.17, 15) is 9.90 Å². The number of aromatic nitrogens is 1. The van der Waals surface area contributed by atoms with Crippen LogP contribution in [0, 0.1) is 6.92 Å². The summed E-state index contributed by atoms with van der Waals surface area (Å²) < 4.78 is 13.7. The van der Waals surface area contributed by atoms with Gasteiger partial charge in [0.2, 0.25) is 5.91 Å². The van der Waals surface area contributed by atoms with E-state index in [1.165, 1.54) is 11.5 Å². The summed E-state index contributed by atoms with van der Waals surface area (Å²) in [7, 11) is 1.64. The Morgan fingerprint density at radius 2 is 1.96 bits per heavy atom. The predicted octanol–water partition coefficient (Wildman–Crippen LogP) is 5.43. The Hall–Kier alpha value is -1.99. The number of fused-ring (bicyclic) bond motifs is 1. The molecule has 7 heteroatoms. The quantitative estimate of drug-likeness (QED) is 0.538. The van der Waals surface area contributed by atoms with Crippen LogP contribution >= 0.6 is 31.9 Å². The summed E-state index contributed by atoms with van der Waals surface area (Å²) in [5.74, 6) is 1.25. The van der Waals surface area contributed by atoms with Gasteiger partial charge in [-0.05, 0) is 68.1 Å². The van der Waals surface area contributed by atoms with Crippen molar-refractivity contribution in [2.45, 2.75) is 20.5 Å². The van der Waals surface area contributed by atoms with E-state index in [0.29, 0.717) is 32.2 Å². The van der Waals surface area contributed by atoms with Crippen LogP contribution in [0.25, 0.3) is 10.9 Å². The average Bonchev–Trinajstić information content (AvgIpc) is 2.96. The van der Waals surface area contributed by atoms with Crippen molar-refractivity contribution in [2.24, 2.45) is 0 Å². The Bertz CT molecular complexity index is 1010. The van der Waals surface area contributed by atoms with Crippen molar-refractivity contribution in [1.29, 1.82) is 0 Å². The number of benzene rings is 2.